The molecule has 0 atom stereocenters. The largest absolute Gasteiger partial charge is 0.359 e. The van der Waals surface area contributed by atoms with E-state index < -0.39 is 4.92 Å². The van der Waals surface area contributed by atoms with Gasteiger partial charge in [0.1, 0.15) is 0 Å². The zero-order valence-corrected chi connectivity index (χ0v) is 18.2. The van der Waals surface area contributed by atoms with Crippen molar-refractivity contribution in [3.8, 4) is 0 Å². The molecule has 1 rings (SSSR count). The number of rotatable bonds is 15. The van der Waals surface area contributed by atoms with Crippen LogP contribution in [0.4, 0.5) is 5.69 Å². The standard InChI is InChI=1S/C23H34N4O3/c1-5-10-22(27(29)30)17-19(4)25-21-12-8-11-20(18-21)23(28)24-13-9-16-26(14-6-2)15-7-3/h5,8,10-12,18,25H,1,4,6-7,9,13-17H2,2-3H3,(H,24,28)/b22-10+. The molecule has 0 aromatic heterocycles. The molecular formula is C23H34N4O3. The topological polar surface area (TPSA) is 87.5 Å². The minimum Gasteiger partial charge on any atom is -0.359 e. The van der Waals surface area contributed by atoms with Crippen LogP contribution < -0.4 is 10.6 Å². The Kier molecular flexibility index (Phi) is 11.8. The fourth-order valence-electron chi connectivity index (χ4n) is 3.10. The Hall–Kier alpha value is -2.93. The molecule has 0 radical (unpaired) electrons. The molecule has 0 aliphatic heterocycles. The van der Waals surface area contributed by atoms with Gasteiger partial charge in [-0.15, -0.1) is 0 Å². The minimum absolute atomic E-state index is 0.00316. The van der Waals surface area contributed by atoms with Crippen molar-refractivity contribution < 1.29 is 9.72 Å². The van der Waals surface area contributed by atoms with Gasteiger partial charge in [0.05, 0.1) is 11.3 Å². The maximum absolute atomic E-state index is 12.4. The number of anilines is 1. The fourth-order valence-corrected chi connectivity index (χ4v) is 3.10. The molecule has 0 aliphatic rings. The fraction of sp³-hybridized carbons (Fsp3) is 0.435. The summed E-state index contributed by atoms with van der Waals surface area (Å²) in [6.45, 7) is 15.4. The number of benzene rings is 1. The molecule has 0 fully saturated rings. The molecule has 0 aliphatic carbocycles. The number of amides is 1. The summed E-state index contributed by atoms with van der Waals surface area (Å²) in [5.41, 5.74) is 1.65. The van der Waals surface area contributed by atoms with Crippen LogP contribution >= 0.6 is 0 Å². The van der Waals surface area contributed by atoms with Gasteiger partial charge in [0, 0.05) is 29.6 Å². The summed E-state index contributed by atoms with van der Waals surface area (Å²) in [6.07, 6.45) is 5.94. The molecule has 7 nitrogen and oxygen atoms in total. The number of carbonyl (C=O) groups is 1. The Morgan fingerprint density at radius 3 is 2.53 bits per heavy atom. The Labute approximate surface area is 179 Å². The normalized spacial score (nSPS) is 11.2. The van der Waals surface area contributed by atoms with Gasteiger partial charge in [-0.3, -0.25) is 14.9 Å². The average Bonchev–Trinajstić information content (AvgIpc) is 2.71. The van der Waals surface area contributed by atoms with Crippen molar-refractivity contribution in [1.29, 1.82) is 0 Å². The number of nitrogens with zero attached hydrogens (tertiary/aromatic N) is 2. The van der Waals surface area contributed by atoms with Gasteiger partial charge in [-0.05, 0) is 57.1 Å². The van der Waals surface area contributed by atoms with Crippen LogP contribution in [0.5, 0.6) is 0 Å². The van der Waals surface area contributed by atoms with E-state index in [1.54, 1.807) is 24.3 Å². The second-order valence-corrected chi connectivity index (χ2v) is 7.09. The van der Waals surface area contributed by atoms with E-state index in [2.05, 4.69) is 42.5 Å². The molecule has 0 heterocycles. The van der Waals surface area contributed by atoms with Crippen LogP contribution in [0, 0.1) is 10.1 Å². The summed E-state index contributed by atoms with van der Waals surface area (Å²) < 4.78 is 0. The molecular weight excluding hydrogens is 380 g/mol. The van der Waals surface area contributed by atoms with Gasteiger partial charge in [-0.1, -0.05) is 39.1 Å². The highest BCUT2D eigenvalue weighted by Crippen LogP contribution is 2.17. The molecule has 164 valence electrons. The minimum atomic E-state index is -0.458. The Bertz CT molecular complexity index is 753. The summed E-state index contributed by atoms with van der Waals surface area (Å²) in [5, 5.41) is 17.0. The van der Waals surface area contributed by atoms with Gasteiger partial charge in [0.2, 0.25) is 0 Å². The molecule has 2 N–H and O–H groups in total. The molecule has 0 spiro atoms. The Balaban J connectivity index is 2.57. The number of nitrogens with one attached hydrogen (secondary N) is 2. The van der Waals surface area contributed by atoms with E-state index in [4.69, 9.17) is 0 Å². The molecule has 0 saturated heterocycles. The van der Waals surface area contributed by atoms with Crippen molar-refractivity contribution in [2.45, 2.75) is 39.5 Å². The van der Waals surface area contributed by atoms with Crippen molar-refractivity contribution in [3.05, 3.63) is 76.6 Å². The first-order valence-electron chi connectivity index (χ1n) is 10.4. The third-order valence-electron chi connectivity index (χ3n) is 4.40. The number of nitro groups is 1. The van der Waals surface area contributed by atoms with Crippen molar-refractivity contribution in [3.63, 3.8) is 0 Å². The molecule has 1 amide bonds. The lowest BCUT2D eigenvalue weighted by Gasteiger charge is -2.20. The first-order chi connectivity index (χ1) is 14.4. The number of hydrogen-bond donors (Lipinski definition) is 2. The van der Waals surface area contributed by atoms with Gasteiger partial charge in [0.25, 0.3) is 11.6 Å². The van der Waals surface area contributed by atoms with Gasteiger partial charge in [-0.25, -0.2) is 0 Å². The van der Waals surface area contributed by atoms with Crippen LogP contribution in [0.1, 0.15) is 49.9 Å². The zero-order chi connectivity index (χ0) is 22.4. The van der Waals surface area contributed by atoms with E-state index >= 15 is 0 Å². The first kappa shape index (κ1) is 25.1. The highest BCUT2D eigenvalue weighted by atomic mass is 16.6. The van der Waals surface area contributed by atoms with Gasteiger partial charge in [-0.2, -0.15) is 0 Å². The lowest BCUT2D eigenvalue weighted by molar-refractivity contribution is -0.426. The quantitative estimate of drug-likeness (QED) is 0.190. The van der Waals surface area contributed by atoms with Crippen molar-refractivity contribution in [1.82, 2.24) is 10.2 Å². The summed E-state index contributed by atoms with van der Waals surface area (Å²) in [5.74, 6) is -0.140. The van der Waals surface area contributed by atoms with E-state index in [0.29, 0.717) is 23.5 Å². The van der Waals surface area contributed by atoms with Gasteiger partial charge < -0.3 is 15.5 Å². The molecule has 7 heteroatoms. The molecule has 1 aromatic rings. The third kappa shape index (κ3) is 9.52. The van der Waals surface area contributed by atoms with Crippen molar-refractivity contribution in [2.24, 2.45) is 0 Å². The van der Waals surface area contributed by atoms with Crippen LogP contribution in [-0.4, -0.2) is 41.9 Å². The highest BCUT2D eigenvalue weighted by molar-refractivity contribution is 5.95. The lowest BCUT2D eigenvalue weighted by Crippen LogP contribution is -2.31. The molecule has 1 aromatic carbocycles. The van der Waals surface area contributed by atoms with Crippen LogP contribution in [0.15, 0.2) is 61.0 Å². The van der Waals surface area contributed by atoms with E-state index in [1.807, 2.05) is 0 Å². The predicted molar refractivity (Wildman–Crippen MR) is 123 cm³/mol. The average molecular weight is 415 g/mol. The maximum atomic E-state index is 12.4. The first-order valence-corrected chi connectivity index (χ1v) is 10.4. The SMILES string of the molecule is C=C/C=C(\CC(=C)Nc1cccc(C(=O)NCCCN(CCC)CCC)c1)[N+](=O)[O-]. The molecule has 0 saturated carbocycles. The second-order valence-electron chi connectivity index (χ2n) is 7.09. The van der Waals surface area contributed by atoms with Gasteiger partial charge >= 0.3 is 0 Å². The van der Waals surface area contributed by atoms with Crippen LogP contribution in [0.2, 0.25) is 0 Å². The number of carbonyl (C=O) groups excluding carboxylic acids is 1. The highest BCUT2D eigenvalue weighted by Gasteiger charge is 2.12. The second kappa shape index (κ2) is 14.1. The van der Waals surface area contributed by atoms with E-state index in [0.717, 1.165) is 38.9 Å². The molecule has 0 bridgehead atoms. The van der Waals surface area contributed by atoms with Crippen molar-refractivity contribution in [2.75, 3.05) is 31.5 Å². The smallest absolute Gasteiger partial charge is 0.252 e. The van der Waals surface area contributed by atoms with E-state index in [1.165, 1.54) is 12.2 Å². The summed E-state index contributed by atoms with van der Waals surface area (Å²) in [4.78, 5) is 25.4. The van der Waals surface area contributed by atoms with Crippen LogP contribution in [-0.2, 0) is 0 Å². The Morgan fingerprint density at radius 1 is 1.23 bits per heavy atom. The van der Waals surface area contributed by atoms with Crippen LogP contribution in [0.3, 0.4) is 0 Å². The van der Waals surface area contributed by atoms with E-state index in [9.17, 15) is 14.9 Å². The van der Waals surface area contributed by atoms with Crippen molar-refractivity contribution >= 4 is 11.6 Å². The maximum Gasteiger partial charge on any atom is 0.252 e. The summed E-state index contributed by atoms with van der Waals surface area (Å²) >= 11 is 0. The summed E-state index contributed by atoms with van der Waals surface area (Å²) in [6, 6.07) is 7.01. The predicted octanol–water partition coefficient (Wildman–Crippen LogP) is 4.59. The summed E-state index contributed by atoms with van der Waals surface area (Å²) in [7, 11) is 0. The monoisotopic (exact) mass is 414 g/mol. The lowest BCUT2D eigenvalue weighted by atomic mass is 10.1. The van der Waals surface area contributed by atoms with Crippen LogP contribution in [0.25, 0.3) is 0 Å². The molecule has 0 unspecified atom stereocenters. The number of hydrogen-bond acceptors (Lipinski definition) is 5. The Morgan fingerprint density at radius 2 is 1.93 bits per heavy atom. The number of allylic oxidation sites excluding steroid dienone is 2. The van der Waals surface area contributed by atoms with Gasteiger partial charge in [0.15, 0.2) is 0 Å². The van der Waals surface area contributed by atoms with E-state index in [-0.39, 0.29) is 18.0 Å². The third-order valence-corrected chi connectivity index (χ3v) is 4.40. The molecule has 30 heavy (non-hydrogen) atoms. The zero-order valence-electron chi connectivity index (χ0n) is 18.2.